The molecule has 28 heavy (non-hydrogen) atoms. The van der Waals surface area contributed by atoms with Gasteiger partial charge in [0.15, 0.2) is 0 Å². The van der Waals surface area contributed by atoms with Gasteiger partial charge >= 0.3 is 0 Å². The minimum absolute atomic E-state index is 0.0961. The van der Waals surface area contributed by atoms with Gasteiger partial charge in [-0.05, 0) is 55.8 Å². The molecule has 1 N–H and O–H groups in total. The maximum Gasteiger partial charge on any atom is 0.293 e. The first kappa shape index (κ1) is 20.2. The van der Waals surface area contributed by atoms with Crippen LogP contribution in [0.4, 0.5) is 10.8 Å². The Balaban J connectivity index is 1.83. The van der Waals surface area contributed by atoms with Crippen molar-refractivity contribution in [3.05, 3.63) is 64.7 Å². The molecule has 1 aromatic heterocycles. The molecule has 0 aliphatic heterocycles. The Bertz CT molecular complexity index is 1100. The Kier molecular flexibility index (Phi) is 5.97. The monoisotopic (exact) mass is 436 g/mol. The van der Waals surface area contributed by atoms with Gasteiger partial charge < -0.3 is 0 Å². The summed E-state index contributed by atoms with van der Waals surface area (Å²) in [4.78, 5) is 12.3. The number of rotatable bonds is 6. The molecular weight excluding hydrogens is 420 g/mol. The highest BCUT2D eigenvalue weighted by molar-refractivity contribution is 7.94. The van der Waals surface area contributed by atoms with Gasteiger partial charge in [-0.2, -0.15) is 8.42 Å². The van der Waals surface area contributed by atoms with E-state index in [0.29, 0.717) is 16.3 Å². The number of aromatic nitrogens is 2. The van der Waals surface area contributed by atoms with Gasteiger partial charge in [0.25, 0.3) is 20.3 Å². The summed E-state index contributed by atoms with van der Waals surface area (Å²) in [5, 5.41) is 10.7. The van der Waals surface area contributed by atoms with Crippen LogP contribution in [-0.4, -0.2) is 31.1 Å². The highest BCUT2D eigenvalue weighted by Gasteiger charge is 2.28. The van der Waals surface area contributed by atoms with Crippen LogP contribution in [0, 0.1) is 6.92 Å². The summed E-state index contributed by atoms with van der Waals surface area (Å²) in [5.74, 6) is -0.428. The fourth-order valence-corrected chi connectivity index (χ4v) is 5.09. The maximum atomic E-state index is 13.0. The standard InChI is InChI=1S/C18H17ClN4O3S2/c1-3-23(15-6-4-5-12(2)11-15)28(25,26)18-22-21-17(27-18)20-16(24)13-7-9-14(19)10-8-13/h4-11H,3H2,1-2H3,(H,20,21,24). The van der Waals surface area contributed by atoms with Crippen LogP contribution in [0.15, 0.2) is 52.9 Å². The molecule has 1 heterocycles. The lowest BCUT2D eigenvalue weighted by Gasteiger charge is -2.21. The predicted molar refractivity (Wildman–Crippen MR) is 111 cm³/mol. The van der Waals surface area contributed by atoms with Gasteiger partial charge in [-0.1, -0.05) is 35.1 Å². The van der Waals surface area contributed by atoms with E-state index in [-0.39, 0.29) is 16.0 Å². The number of amides is 1. The molecular formula is C18H17ClN4O3S2. The van der Waals surface area contributed by atoms with Gasteiger partial charge in [0.05, 0.1) is 5.69 Å². The topological polar surface area (TPSA) is 92.3 Å². The van der Waals surface area contributed by atoms with Crippen molar-refractivity contribution in [2.75, 3.05) is 16.2 Å². The van der Waals surface area contributed by atoms with E-state index < -0.39 is 15.9 Å². The lowest BCUT2D eigenvalue weighted by molar-refractivity contribution is 0.102. The van der Waals surface area contributed by atoms with Crippen molar-refractivity contribution in [2.24, 2.45) is 0 Å². The van der Waals surface area contributed by atoms with Gasteiger partial charge in [0.1, 0.15) is 0 Å². The van der Waals surface area contributed by atoms with E-state index in [0.717, 1.165) is 16.9 Å². The summed E-state index contributed by atoms with van der Waals surface area (Å²) < 4.78 is 27.0. The minimum atomic E-state index is -3.90. The maximum absolute atomic E-state index is 13.0. The average Bonchev–Trinajstić information content (AvgIpc) is 3.12. The SMILES string of the molecule is CCN(c1cccc(C)c1)S(=O)(=O)c1nnc(NC(=O)c2ccc(Cl)cc2)s1. The molecule has 3 rings (SSSR count). The summed E-state index contributed by atoms with van der Waals surface area (Å²) in [6.07, 6.45) is 0. The number of benzene rings is 2. The molecule has 0 saturated carbocycles. The first-order valence-electron chi connectivity index (χ1n) is 8.31. The second kappa shape index (κ2) is 8.26. The fraction of sp³-hybridized carbons (Fsp3) is 0.167. The largest absolute Gasteiger partial charge is 0.296 e. The highest BCUT2D eigenvalue weighted by atomic mass is 35.5. The number of nitrogens with zero attached hydrogens (tertiary/aromatic N) is 3. The van der Waals surface area contributed by atoms with Gasteiger partial charge in [-0.3, -0.25) is 14.4 Å². The first-order valence-corrected chi connectivity index (χ1v) is 10.9. The van der Waals surface area contributed by atoms with E-state index in [2.05, 4.69) is 15.5 Å². The molecule has 146 valence electrons. The number of nitrogens with one attached hydrogen (secondary N) is 1. The van der Waals surface area contributed by atoms with Crippen LogP contribution in [0.3, 0.4) is 0 Å². The molecule has 0 aliphatic rings. The number of anilines is 2. The van der Waals surface area contributed by atoms with Crippen molar-refractivity contribution in [1.82, 2.24) is 10.2 Å². The number of carbonyl (C=O) groups is 1. The van der Waals surface area contributed by atoms with Crippen LogP contribution >= 0.6 is 22.9 Å². The molecule has 10 heteroatoms. The van der Waals surface area contributed by atoms with Crippen molar-refractivity contribution in [1.29, 1.82) is 0 Å². The molecule has 0 saturated heterocycles. The number of carbonyl (C=O) groups excluding carboxylic acids is 1. The van der Waals surface area contributed by atoms with Crippen LogP contribution < -0.4 is 9.62 Å². The number of halogens is 1. The molecule has 0 atom stereocenters. The van der Waals surface area contributed by atoms with Crippen molar-refractivity contribution >= 4 is 49.7 Å². The summed E-state index contributed by atoms with van der Waals surface area (Å²) in [6, 6.07) is 13.5. The van der Waals surface area contributed by atoms with Crippen molar-refractivity contribution in [3.8, 4) is 0 Å². The van der Waals surface area contributed by atoms with E-state index in [9.17, 15) is 13.2 Å². The number of hydrogen-bond donors (Lipinski definition) is 1. The third-order valence-electron chi connectivity index (χ3n) is 3.82. The van der Waals surface area contributed by atoms with Crippen molar-refractivity contribution in [2.45, 2.75) is 18.2 Å². The smallest absolute Gasteiger partial charge is 0.293 e. The molecule has 2 aromatic carbocycles. The Morgan fingerprint density at radius 1 is 1.18 bits per heavy atom. The van der Waals surface area contributed by atoms with Gasteiger partial charge in [0.2, 0.25) is 5.13 Å². The molecule has 3 aromatic rings. The van der Waals surface area contributed by atoms with E-state index in [1.165, 1.54) is 4.31 Å². The van der Waals surface area contributed by atoms with Crippen molar-refractivity contribution < 1.29 is 13.2 Å². The van der Waals surface area contributed by atoms with E-state index >= 15 is 0 Å². The Morgan fingerprint density at radius 2 is 1.89 bits per heavy atom. The lowest BCUT2D eigenvalue weighted by atomic mass is 10.2. The van der Waals surface area contributed by atoms with Crippen LogP contribution in [0.5, 0.6) is 0 Å². The van der Waals surface area contributed by atoms with E-state index in [4.69, 9.17) is 11.6 Å². The molecule has 0 fully saturated rings. The van der Waals surface area contributed by atoms with E-state index in [1.807, 2.05) is 13.0 Å². The van der Waals surface area contributed by atoms with Gasteiger partial charge in [-0.25, -0.2) is 0 Å². The zero-order chi connectivity index (χ0) is 20.3. The second-order valence-corrected chi connectivity index (χ2v) is 9.29. The highest BCUT2D eigenvalue weighted by Crippen LogP contribution is 2.28. The zero-order valence-electron chi connectivity index (χ0n) is 15.1. The van der Waals surface area contributed by atoms with E-state index in [1.54, 1.807) is 49.4 Å². The van der Waals surface area contributed by atoms with Crippen molar-refractivity contribution in [3.63, 3.8) is 0 Å². The van der Waals surface area contributed by atoms with Gasteiger partial charge in [-0.15, -0.1) is 10.2 Å². The molecule has 0 spiro atoms. The zero-order valence-corrected chi connectivity index (χ0v) is 17.5. The molecule has 0 aliphatic carbocycles. The summed E-state index contributed by atoms with van der Waals surface area (Å²) >= 11 is 6.61. The fourth-order valence-electron chi connectivity index (χ4n) is 2.50. The van der Waals surface area contributed by atoms with Crippen LogP contribution in [0.2, 0.25) is 5.02 Å². The Hall–Kier alpha value is -2.49. The second-order valence-electron chi connectivity index (χ2n) is 5.84. The third kappa shape index (κ3) is 4.32. The predicted octanol–water partition coefficient (Wildman–Crippen LogP) is 3.97. The molecule has 0 unspecified atom stereocenters. The Labute approximate surface area is 172 Å². The van der Waals surface area contributed by atoms with Crippen LogP contribution in [0.1, 0.15) is 22.8 Å². The van der Waals surface area contributed by atoms with Crippen LogP contribution in [-0.2, 0) is 10.0 Å². The molecule has 1 amide bonds. The average molecular weight is 437 g/mol. The first-order chi connectivity index (χ1) is 13.3. The number of sulfonamides is 1. The molecule has 7 nitrogen and oxygen atoms in total. The Morgan fingerprint density at radius 3 is 2.54 bits per heavy atom. The third-order valence-corrected chi connectivity index (χ3v) is 7.16. The van der Waals surface area contributed by atoms with Crippen LogP contribution in [0.25, 0.3) is 0 Å². The minimum Gasteiger partial charge on any atom is -0.296 e. The lowest BCUT2D eigenvalue weighted by Crippen LogP contribution is -2.30. The summed E-state index contributed by atoms with van der Waals surface area (Å²) in [5.41, 5.74) is 1.86. The molecule has 0 radical (unpaired) electrons. The summed E-state index contributed by atoms with van der Waals surface area (Å²) in [7, 11) is -3.90. The molecule has 0 bridgehead atoms. The van der Waals surface area contributed by atoms with Gasteiger partial charge in [0, 0.05) is 17.1 Å². The summed E-state index contributed by atoms with van der Waals surface area (Å²) in [6.45, 7) is 3.86. The normalized spacial score (nSPS) is 11.2. The number of hydrogen-bond acceptors (Lipinski definition) is 6. The quantitative estimate of drug-likeness (QED) is 0.590. The number of aryl methyl sites for hydroxylation is 1.